The molecule has 88 valence electrons. The van der Waals surface area contributed by atoms with Gasteiger partial charge in [-0.25, -0.2) is 8.78 Å². The molecule has 0 aliphatic carbocycles. The Morgan fingerprint density at radius 1 is 1.38 bits per heavy atom. The molecule has 0 amide bonds. The molecule has 2 atom stereocenters. The van der Waals surface area contributed by atoms with E-state index in [0.29, 0.717) is 18.6 Å². The molecule has 0 saturated carbocycles. The molecule has 2 unspecified atom stereocenters. The van der Waals surface area contributed by atoms with Crippen molar-refractivity contribution in [3.8, 4) is 0 Å². The van der Waals surface area contributed by atoms with Crippen molar-refractivity contribution in [3.05, 3.63) is 35.4 Å². The van der Waals surface area contributed by atoms with E-state index in [1.54, 1.807) is 6.92 Å². The lowest BCUT2D eigenvalue weighted by molar-refractivity contribution is -0.0797. The van der Waals surface area contributed by atoms with Gasteiger partial charge in [-0.3, -0.25) is 0 Å². The lowest BCUT2D eigenvalue weighted by Gasteiger charge is -2.29. The number of hydrogen-bond acceptors (Lipinski definition) is 2. The van der Waals surface area contributed by atoms with E-state index in [0.717, 1.165) is 18.6 Å². The number of aliphatic hydroxyl groups excluding tert-OH is 1. The molecule has 1 aliphatic rings. The molecule has 16 heavy (non-hydrogen) atoms. The van der Waals surface area contributed by atoms with Gasteiger partial charge in [-0.15, -0.1) is 0 Å². The number of benzene rings is 1. The summed E-state index contributed by atoms with van der Waals surface area (Å²) in [5.74, 6) is -1.86. The summed E-state index contributed by atoms with van der Waals surface area (Å²) in [6, 6.07) is 3.43. The van der Waals surface area contributed by atoms with Gasteiger partial charge >= 0.3 is 0 Å². The lowest BCUT2D eigenvalue weighted by Crippen LogP contribution is -2.32. The van der Waals surface area contributed by atoms with Crippen LogP contribution < -0.4 is 0 Å². The fourth-order valence-corrected chi connectivity index (χ4v) is 2.05. The second-order valence-electron chi connectivity index (χ2n) is 4.34. The van der Waals surface area contributed by atoms with E-state index < -0.39 is 23.3 Å². The predicted molar refractivity (Wildman–Crippen MR) is 54.9 cm³/mol. The fraction of sp³-hybridized carbons (Fsp3) is 0.500. The van der Waals surface area contributed by atoms with Crippen molar-refractivity contribution < 1.29 is 18.6 Å². The van der Waals surface area contributed by atoms with Gasteiger partial charge in [-0.05, 0) is 37.5 Å². The topological polar surface area (TPSA) is 29.5 Å². The number of halogens is 2. The van der Waals surface area contributed by atoms with Crippen molar-refractivity contribution >= 4 is 0 Å². The van der Waals surface area contributed by atoms with Gasteiger partial charge in [0.1, 0.15) is 6.10 Å². The summed E-state index contributed by atoms with van der Waals surface area (Å²) in [4.78, 5) is 0. The van der Waals surface area contributed by atoms with E-state index in [9.17, 15) is 13.9 Å². The van der Waals surface area contributed by atoms with Gasteiger partial charge in [0.05, 0.1) is 5.60 Å². The Kier molecular flexibility index (Phi) is 2.95. The van der Waals surface area contributed by atoms with Crippen LogP contribution in [-0.2, 0) is 4.74 Å². The highest BCUT2D eigenvalue weighted by Crippen LogP contribution is 2.37. The molecule has 1 N–H and O–H groups in total. The number of hydrogen-bond donors (Lipinski definition) is 1. The van der Waals surface area contributed by atoms with Crippen LogP contribution in [0.1, 0.15) is 31.4 Å². The molecule has 1 aromatic rings. The largest absolute Gasteiger partial charge is 0.385 e. The van der Waals surface area contributed by atoms with Gasteiger partial charge in [-0.2, -0.15) is 0 Å². The van der Waals surface area contributed by atoms with Crippen LogP contribution >= 0.6 is 0 Å². The van der Waals surface area contributed by atoms with Crippen molar-refractivity contribution in [2.45, 2.75) is 31.5 Å². The van der Waals surface area contributed by atoms with E-state index >= 15 is 0 Å². The standard InChI is InChI=1S/C12H14F2O2/c1-12(5-2-6-16-12)11(15)8-3-4-9(13)10(14)7-8/h3-4,7,11,15H,2,5-6H2,1H3. The molecule has 4 heteroatoms. The van der Waals surface area contributed by atoms with Crippen LogP contribution in [0, 0.1) is 11.6 Å². The minimum absolute atomic E-state index is 0.350. The molecule has 0 bridgehead atoms. The van der Waals surface area contributed by atoms with Gasteiger partial charge in [0, 0.05) is 6.61 Å². The van der Waals surface area contributed by atoms with Gasteiger partial charge in [0.2, 0.25) is 0 Å². The zero-order valence-electron chi connectivity index (χ0n) is 9.04. The molecular formula is C12H14F2O2. The minimum atomic E-state index is -0.946. The third kappa shape index (κ3) is 1.95. The fourth-order valence-electron chi connectivity index (χ4n) is 2.05. The summed E-state index contributed by atoms with van der Waals surface area (Å²) in [5.41, 5.74) is -0.340. The summed E-state index contributed by atoms with van der Waals surface area (Å²) < 4.78 is 31.2. The number of rotatable bonds is 2. The maximum Gasteiger partial charge on any atom is 0.159 e. The monoisotopic (exact) mass is 228 g/mol. The average molecular weight is 228 g/mol. The van der Waals surface area contributed by atoms with Crippen LogP contribution in [0.25, 0.3) is 0 Å². The molecule has 0 aromatic heterocycles. The van der Waals surface area contributed by atoms with Crippen LogP contribution in [-0.4, -0.2) is 17.3 Å². The van der Waals surface area contributed by atoms with Gasteiger partial charge in [-0.1, -0.05) is 6.07 Å². The zero-order valence-corrected chi connectivity index (χ0v) is 9.04. The summed E-state index contributed by atoms with van der Waals surface area (Å²) >= 11 is 0. The van der Waals surface area contributed by atoms with E-state index in [2.05, 4.69) is 0 Å². The molecule has 1 saturated heterocycles. The lowest BCUT2D eigenvalue weighted by atomic mass is 9.90. The predicted octanol–water partition coefficient (Wildman–Crippen LogP) is 2.57. The van der Waals surface area contributed by atoms with Crippen LogP contribution in [0.15, 0.2) is 18.2 Å². The van der Waals surface area contributed by atoms with E-state index in [4.69, 9.17) is 4.74 Å². The van der Waals surface area contributed by atoms with E-state index in [1.165, 1.54) is 6.07 Å². The second-order valence-corrected chi connectivity index (χ2v) is 4.34. The Morgan fingerprint density at radius 2 is 2.12 bits per heavy atom. The Labute approximate surface area is 92.9 Å². The van der Waals surface area contributed by atoms with Crippen LogP contribution in [0.5, 0.6) is 0 Å². The molecule has 1 heterocycles. The molecule has 1 aromatic carbocycles. The average Bonchev–Trinajstić information content (AvgIpc) is 2.70. The minimum Gasteiger partial charge on any atom is -0.385 e. The zero-order chi connectivity index (χ0) is 11.8. The van der Waals surface area contributed by atoms with Gasteiger partial charge < -0.3 is 9.84 Å². The van der Waals surface area contributed by atoms with Crippen molar-refractivity contribution in [1.29, 1.82) is 0 Å². The first-order valence-corrected chi connectivity index (χ1v) is 5.30. The Hall–Kier alpha value is -1.00. The molecule has 0 radical (unpaired) electrons. The second kappa shape index (κ2) is 4.11. The summed E-state index contributed by atoms with van der Waals surface area (Å²) in [7, 11) is 0. The van der Waals surface area contributed by atoms with Crippen molar-refractivity contribution in [1.82, 2.24) is 0 Å². The SMILES string of the molecule is CC1(C(O)c2ccc(F)c(F)c2)CCCO1. The van der Waals surface area contributed by atoms with Crippen molar-refractivity contribution in [2.75, 3.05) is 6.61 Å². The Morgan fingerprint density at radius 3 is 2.69 bits per heavy atom. The summed E-state index contributed by atoms with van der Waals surface area (Å²) in [6.07, 6.45) is 0.662. The van der Waals surface area contributed by atoms with E-state index in [-0.39, 0.29) is 0 Å². The quantitative estimate of drug-likeness (QED) is 0.843. The van der Waals surface area contributed by atoms with Crippen molar-refractivity contribution in [2.24, 2.45) is 0 Å². The highest BCUT2D eigenvalue weighted by atomic mass is 19.2. The third-order valence-corrected chi connectivity index (χ3v) is 3.09. The summed E-state index contributed by atoms with van der Waals surface area (Å²) in [6.45, 7) is 2.38. The van der Waals surface area contributed by atoms with Crippen LogP contribution in [0.2, 0.25) is 0 Å². The third-order valence-electron chi connectivity index (χ3n) is 3.09. The Bertz CT molecular complexity index is 387. The smallest absolute Gasteiger partial charge is 0.159 e. The van der Waals surface area contributed by atoms with Gasteiger partial charge in [0.15, 0.2) is 11.6 Å². The molecule has 1 aliphatic heterocycles. The van der Waals surface area contributed by atoms with Gasteiger partial charge in [0.25, 0.3) is 0 Å². The number of ether oxygens (including phenoxy) is 1. The first-order valence-electron chi connectivity index (χ1n) is 5.30. The van der Waals surface area contributed by atoms with Crippen molar-refractivity contribution in [3.63, 3.8) is 0 Å². The molecule has 2 rings (SSSR count). The normalized spacial score (nSPS) is 27.0. The first kappa shape index (κ1) is 11.5. The molecule has 2 nitrogen and oxygen atoms in total. The highest BCUT2D eigenvalue weighted by molar-refractivity contribution is 5.22. The first-order chi connectivity index (χ1) is 7.53. The highest BCUT2D eigenvalue weighted by Gasteiger charge is 2.38. The number of aliphatic hydroxyl groups is 1. The van der Waals surface area contributed by atoms with Crippen LogP contribution in [0.3, 0.4) is 0 Å². The maximum atomic E-state index is 13.0. The maximum absolute atomic E-state index is 13.0. The molecule has 1 fully saturated rings. The van der Waals surface area contributed by atoms with Crippen LogP contribution in [0.4, 0.5) is 8.78 Å². The van der Waals surface area contributed by atoms with E-state index in [1.807, 2.05) is 0 Å². The molecule has 0 spiro atoms. The summed E-state index contributed by atoms with van der Waals surface area (Å²) in [5, 5.41) is 10.1. The Balaban J connectivity index is 2.26. The molecular weight excluding hydrogens is 214 g/mol.